The van der Waals surface area contributed by atoms with Crippen LogP contribution in [-0.4, -0.2) is 5.11 Å². The molecule has 1 heterocycles. The predicted octanol–water partition coefficient (Wildman–Crippen LogP) is 3.92. The van der Waals surface area contributed by atoms with Crippen LogP contribution in [0.25, 0.3) is 0 Å². The van der Waals surface area contributed by atoms with Crippen LogP contribution in [0.5, 0.6) is 0 Å². The largest absolute Gasteiger partial charge is 0.388 e. The highest BCUT2D eigenvalue weighted by molar-refractivity contribution is 7.12. The Morgan fingerprint density at radius 1 is 1.29 bits per heavy atom. The highest BCUT2D eigenvalue weighted by Crippen LogP contribution is 2.27. The second-order valence-electron chi connectivity index (χ2n) is 3.67. The molecule has 1 nitrogen and oxygen atoms in total. The molecule has 1 atom stereocenters. The van der Waals surface area contributed by atoms with Crippen LogP contribution in [-0.2, 0) is 6.42 Å². The first kappa shape index (κ1) is 11.7. The fourth-order valence-corrected chi connectivity index (χ4v) is 2.47. The normalized spacial score (nSPS) is 13.1. The summed E-state index contributed by atoms with van der Waals surface area (Å²) in [6.07, 6.45) is 5.34. The SMILES string of the molecule is CCCCCC(O)c1ccc(CC)s1. The molecule has 0 bridgehead atoms. The van der Waals surface area contributed by atoms with Crippen LogP contribution in [0.4, 0.5) is 0 Å². The van der Waals surface area contributed by atoms with Crippen LogP contribution in [0.1, 0.15) is 55.4 Å². The van der Waals surface area contributed by atoms with Crippen molar-refractivity contribution < 1.29 is 5.11 Å². The number of hydrogen-bond donors (Lipinski definition) is 1. The number of unbranched alkanes of at least 4 members (excludes halogenated alkanes) is 2. The van der Waals surface area contributed by atoms with Crippen molar-refractivity contribution in [3.8, 4) is 0 Å². The van der Waals surface area contributed by atoms with Crippen molar-refractivity contribution in [1.29, 1.82) is 0 Å². The summed E-state index contributed by atoms with van der Waals surface area (Å²) in [4.78, 5) is 2.51. The first-order valence-corrected chi connectivity index (χ1v) is 6.36. The van der Waals surface area contributed by atoms with E-state index in [1.54, 1.807) is 11.3 Å². The minimum absolute atomic E-state index is 0.230. The zero-order valence-electron chi connectivity index (χ0n) is 9.12. The minimum atomic E-state index is -0.230. The Morgan fingerprint density at radius 2 is 2.07 bits per heavy atom. The van der Waals surface area contributed by atoms with Gasteiger partial charge in [-0.25, -0.2) is 0 Å². The molecule has 1 aromatic rings. The van der Waals surface area contributed by atoms with E-state index in [1.165, 1.54) is 17.7 Å². The molecular formula is C12H20OS. The van der Waals surface area contributed by atoms with E-state index in [0.717, 1.165) is 24.1 Å². The van der Waals surface area contributed by atoms with Gasteiger partial charge in [-0.1, -0.05) is 33.1 Å². The van der Waals surface area contributed by atoms with E-state index in [9.17, 15) is 5.11 Å². The van der Waals surface area contributed by atoms with Gasteiger partial charge in [0.15, 0.2) is 0 Å². The Labute approximate surface area is 90.8 Å². The lowest BCUT2D eigenvalue weighted by atomic mass is 10.1. The Balaban J connectivity index is 2.39. The van der Waals surface area contributed by atoms with Gasteiger partial charge in [-0.2, -0.15) is 0 Å². The van der Waals surface area contributed by atoms with Gasteiger partial charge >= 0.3 is 0 Å². The van der Waals surface area contributed by atoms with Crippen molar-refractivity contribution in [3.63, 3.8) is 0 Å². The van der Waals surface area contributed by atoms with E-state index in [1.807, 2.05) is 0 Å². The first-order valence-electron chi connectivity index (χ1n) is 5.54. The Bertz CT molecular complexity index is 255. The summed E-state index contributed by atoms with van der Waals surface area (Å²) < 4.78 is 0. The molecule has 0 spiro atoms. The van der Waals surface area contributed by atoms with E-state index in [4.69, 9.17) is 0 Å². The minimum Gasteiger partial charge on any atom is -0.388 e. The fourth-order valence-electron chi connectivity index (χ4n) is 1.49. The average molecular weight is 212 g/mol. The molecule has 1 unspecified atom stereocenters. The summed E-state index contributed by atoms with van der Waals surface area (Å²) in [6, 6.07) is 4.20. The zero-order valence-corrected chi connectivity index (χ0v) is 9.94. The maximum absolute atomic E-state index is 9.87. The molecule has 1 rings (SSSR count). The number of rotatable bonds is 6. The zero-order chi connectivity index (χ0) is 10.4. The molecule has 2 heteroatoms. The van der Waals surface area contributed by atoms with Crippen molar-refractivity contribution >= 4 is 11.3 Å². The van der Waals surface area contributed by atoms with Gasteiger partial charge in [0.05, 0.1) is 6.10 Å². The summed E-state index contributed by atoms with van der Waals surface area (Å²) in [5, 5.41) is 9.87. The first-order chi connectivity index (χ1) is 6.77. The molecule has 0 aromatic carbocycles. The lowest BCUT2D eigenvalue weighted by Crippen LogP contribution is -1.93. The third kappa shape index (κ3) is 3.43. The fraction of sp³-hybridized carbons (Fsp3) is 0.667. The molecule has 0 amide bonds. The van der Waals surface area contributed by atoms with Crippen molar-refractivity contribution in [2.24, 2.45) is 0 Å². The Hall–Kier alpha value is -0.340. The highest BCUT2D eigenvalue weighted by atomic mass is 32.1. The molecule has 0 aliphatic rings. The van der Waals surface area contributed by atoms with E-state index in [2.05, 4.69) is 26.0 Å². The molecule has 0 aliphatic carbocycles. The van der Waals surface area contributed by atoms with Crippen LogP contribution < -0.4 is 0 Å². The van der Waals surface area contributed by atoms with Gasteiger partial charge in [0.25, 0.3) is 0 Å². The second-order valence-corrected chi connectivity index (χ2v) is 4.87. The van der Waals surface area contributed by atoms with Gasteiger partial charge < -0.3 is 5.11 Å². The number of thiophene rings is 1. The topological polar surface area (TPSA) is 20.2 Å². The second kappa shape index (κ2) is 6.20. The summed E-state index contributed by atoms with van der Waals surface area (Å²) in [7, 11) is 0. The number of aliphatic hydroxyl groups is 1. The maximum Gasteiger partial charge on any atom is 0.0882 e. The molecule has 80 valence electrons. The summed E-state index contributed by atoms with van der Waals surface area (Å²) in [5.74, 6) is 0. The van der Waals surface area contributed by atoms with Gasteiger partial charge in [0.1, 0.15) is 0 Å². The van der Waals surface area contributed by atoms with Gasteiger partial charge in [0, 0.05) is 9.75 Å². The predicted molar refractivity (Wildman–Crippen MR) is 62.8 cm³/mol. The number of aryl methyl sites for hydroxylation is 1. The molecule has 0 aliphatic heterocycles. The standard InChI is InChI=1S/C12H20OS/c1-3-5-6-7-11(13)12-9-8-10(4-2)14-12/h8-9,11,13H,3-7H2,1-2H3. The van der Waals surface area contributed by atoms with E-state index < -0.39 is 0 Å². The number of aliphatic hydroxyl groups excluding tert-OH is 1. The van der Waals surface area contributed by atoms with Gasteiger partial charge in [-0.15, -0.1) is 11.3 Å². The third-order valence-corrected chi connectivity index (χ3v) is 3.77. The molecule has 1 aromatic heterocycles. The van der Waals surface area contributed by atoms with Crippen molar-refractivity contribution in [2.75, 3.05) is 0 Å². The molecule has 1 N–H and O–H groups in total. The quantitative estimate of drug-likeness (QED) is 0.708. The summed E-state index contributed by atoms with van der Waals surface area (Å²) in [5.41, 5.74) is 0. The van der Waals surface area contributed by atoms with Crippen LogP contribution in [0.2, 0.25) is 0 Å². The van der Waals surface area contributed by atoms with Gasteiger partial charge in [-0.3, -0.25) is 0 Å². The average Bonchev–Trinajstić information content (AvgIpc) is 2.66. The van der Waals surface area contributed by atoms with Crippen LogP contribution in [0, 0.1) is 0 Å². The van der Waals surface area contributed by atoms with Crippen LogP contribution >= 0.6 is 11.3 Å². The van der Waals surface area contributed by atoms with E-state index in [0.29, 0.717) is 0 Å². The summed E-state index contributed by atoms with van der Waals surface area (Å²) >= 11 is 1.75. The van der Waals surface area contributed by atoms with Crippen molar-refractivity contribution in [1.82, 2.24) is 0 Å². The van der Waals surface area contributed by atoms with Gasteiger partial charge in [0.2, 0.25) is 0 Å². The van der Waals surface area contributed by atoms with Crippen LogP contribution in [0.3, 0.4) is 0 Å². The Kier molecular flexibility index (Phi) is 5.20. The van der Waals surface area contributed by atoms with E-state index >= 15 is 0 Å². The van der Waals surface area contributed by atoms with Crippen LogP contribution in [0.15, 0.2) is 12.1 Å². The van der Waals surface area contributed by atoms with Gasteiger partial charge in [-0.05, 0) is 25.0 Å². The molecule has 0 saturated carbocycles. The Morgan fingerprint density at radius 3 is 2.64 bits per heavy atom. The maximum atomic E-state index is 9.87. The smallest absolute Gasteiger partial charge is 0.0882 e. The molecule has 0 saturated heterocycles. The van der Waals surface area contributed by atoms with Crippen molar-refractivity contribution in [3.05, 3.63) is 21.9 Å². The molecule has 0 fully saturated rings. The lowest BCUT2D eigenvalue weighted by molar-refractivity contribution is 0.167. The number of hydrogen-bond acceptors (Lipinski definition) is 2. The van der Waals surface area contributed by atoms with E-state index in [-0.39, 0.29) is 6.10 Å². The molecule has 14 heavy (non-hydrogen) atoms. The molecular weight excluding hydrogens is 192 g/mol. The molecule has 0 radical (unpaired) electrons. The van der Waals surface area contributed by atoms with Crippen molar-refractivity contribution in [2.45, 2.75) is 52.1 Å². The monoisotopic (exact) mass is 212 g/mol. The third-order valence-electron chi connectivity index (χ3n) is 2.44. The highest BCUT2D eigenvalue weighted by Gasteiger charge is 2.09. The summed E-state index contributed by atoms with van der Waals surface area (Å²) in [6.45, 7) is 4.34. The lowest BCUT2D eigenvalue weighted by Gasteiger charge is -2.07.